The van der Waals surface area contributed by atoms with Crippen LogP contribution in [0.3, 0.4) is 0 Å². The highest BCUT2D eigenvalue weighted by molar-refractivity contribution is 9.11. The van der Waals surface area contributed by atoms with E-state index in [0.29, 0.717) is 50.5 Å². The van der Waals surface area contributed by atoms with Gasteiger partial charge >= 0.3 is 5.97 Å². The Kier molecular flexibility index (Phi) is 6.74. The molecule has 1 aromatic rings. The maximum Gasteiger partial charge on any atom is 0.338 e. The van der Waals surface area contributed by atoms with Gasteiger partial charge in [0.25, 0.3) is 0 Å². The smallest absolute Gasteiger partial charge is 0.338 e. The third-order valence-corrected chi connectivity index (χ3v) is 4.04. The lowest BCUT2D eigenvalue weighted by Crippen LogP contribution is -2.11. The summed E-state index contributed by atoms with van der Waals surface area (Å²) in [6.07, 6.45) is 0. The maximum atomic E-state index is 11.8. The van der Waals surface area contributed by atoms with E-state index in [-0.39, 0.29) is 0 Å². The molecule has 0 unspecified atom stereocenters. The summed E-state index contributed by atoms with van der Waals surface area (Å²) in [6.45, 7) is 11.7. The molecule has 0 bridgehead atoms. The summed E-state index contributed by atoms with van der Waals surface area (Å²) in [4.78, 5) is 11.8. The summed E-state index contributed by atoms with van der Waals surface area (Å²) in [5.74, 6) is 1.01. The minimum atomic E-state index is -0.494. The Labute approximate surface area is 141 Å². The van der Waals surface area contributed by atoms with Gasteiger partial charge in [-0.3, -0.25) is 0 Å². The number of hydrogen-bond donors (Lipinski definition) is 0. The van der Waals surface area contributed by atoms with Crippen molar-refractivity contribution in [2.24, 2.45) is 0 Å². The molecule has 0 saturated heterocycles. The molecular weight excluding hydrogens is 404 g/mol. The van der Waals surface area contributed by atoms with E-state index < -0.39 is 5.97 Å². The SMILES string of the molecule is C=C(C)C(=O)Oc1c(C)c(OCC)c(Br)c(OCC)c1Br. The van der Waals surface area contributed by atoms with E-state index in [2.05, 4.69) is 38.4 Å². The molecule has 0 saturated carbocycles. The molecule has 0 radical (unpaired) electrons. The summed E-state index contributed by atoms with van der Waals surface area (Å²) >= 11 is 6.91. The van der Waals surface area contributed by atoms with Crippen LogP contribution in [0.15, 0.2) is 21.1 Å². The number of esters is 1. The third kappa shape index (κ3) is 4.01. The molecule has 0 aliphatic rings. The van der Waals surface area contributed by atoms with Gasteiger partial charge in [-0.15, -0.1) is 0 Å². The molecule has 4 nitrogen and oxygen atoms in total. The molecular formula is C15H18Br2O4. The zero-order valence-corrected chi connectivity index (χ0v) is 15.7. The molecule has 0 aromatic heterocycles. The van der Waals surface area contributed by atoms with E-state index in [1.807, 2.05) is 20.8 Å². The topological polar surface area (TPSA) is 44.8 Å². The van der Waals surface area contributed by atoms with E-state index >= 15 is 0 Å². The molecule has 0 spiro atoms. The van der Waals surface area contributed by atoms with Gasteiger partial charge in [-0.2, -0.15) is 0 Å². The third-order valence-electron chi connectivity index (χ3n) is 2.60. The fourth-order valence-electron chi connectivity index (χ4n) is 1.62. The van der Waals surface area contributed by atoms with Crippen molar-refractivity contribution in [1.82, 2.24) is 0 Å². The highest BCUT2D eigenvalue weighted by atomic mass is 79.9. The molecule has 0 aliphatic carbocycles. The molecule has 0 heterocycles. The summed E-state index contributed by atoms with van der Waals surface area (Å²) in [7, 11) is 0. The van der Waals surface area contributed by atoms with E-state index in [1.54, 1.807) is 6.92 Å². The second-order valence-corrected chi connectivity index (χ2v) is 5.86. The molecule has 21 heavy (non-hydrogen) atoms. The van der Waals surface area contributed by atoms with Crippen molar-refractivity contribution in [1.29, 1.82) is 0 Å². The molecule has 0 aliphatic heterocycles. The van der Waals surface area contributed by atoms with Crippen molar-refractivity contribution in [3.63, 3.8) is 0 Å². The summed E-state index contributed by atoms with van der Waals surface area (Å²) in [5.41, 5.74) is 1.02. The van der Waals surface area contributed by atoms with Gasteiger partial charge in [0.2, 0.25) is 0 Å². The normalized spacial score (nSPS) is 10.2. The van der Waals surface area contributed by atoms with Gasteiger partial charge in [0.1, 0.15) is 14.7 Å². The number of ether oxygens (including phenoxy) is 3. The van der Waals surface area contributed by atoms with Gasteiger partial charge in [0.05, 0.1) is 13.2 Å². The number of rotatable bonds is 6. The van der Waals surface area contributed by atoms with E-state index in [1.165, 1.54) is 0 Å². The standard InChI is InChI=1S/C15H18Br2O4/c1-6-19-12-9(5)13(21-15(18)8(3)4)11(17)14(10(12)16)20-7-2/h3,6-7H2,1-2,4-5H3. The molecule has 6 heteroatoms. The van der Waals surface area contributed by atoms with Crippen LogP contribution in [0.4, 0.5) is 0 Å². The molecule has 1 aromatic carbocycles. The quantitative estimate of drug-likeness (QED) is 0.376. The predicted octanol–water partition coefficient (Wildman–Crippen LogP) is 4.80. The van der Waals surface area contributed by atoms with Crippen LogP contribution in [0.2, 0.25) is 0 Å². The van der Waals surface area contributed by atoms with Crippen LogP contribution >= 0.6 is 31.9 Å². The first-order valence-corrected chi connectivity index (χ1v) is 8.08. The van der Waals surface area contributed by atoms with Crippen LogP contribution in [-0.4, -0.2) is 19.2 Å². The molecule has 1 rings (SSSR count). The summed E-state index contributed by atoms with van der Waals surface area (Å²) < 4.78 is 17.9. The number of carbonyl (C=O) groups is 1. The molecule has 116 valence electrons. The van der Waals surface area contributed by atoms with Crippen LogP contribution in [0, 0.1) is 6.92 Å². The summed E-state index contributed by atoms with van der Waals surface area (Å²) in [6, 6.07) is 0. The predicted molar refractivity (Wildman–Crippen MR) is 89.4 cm³/mol. The van der Waals surface area contributed by atoms with Crippen LogP contribution in [-0.2, 0) is 4.79 Å². The van der Waals surface area contributed by atoms with Crippen molar-refractivity contribution in [3.8, 4) is 17.2 Å². The minimum absolute atomic E-state index is 0.320. The highest BCUT2D eigenvalue weighted by Crippen LogP contribution is 2.49. The average Bonchev–Trinajstić information content (AvgIpc) is 2.44. The van der Waals surface area contributed by atoms with Crippen LogP contribution in [0.5, 0.6) is 17.2 Å². The fraction of sp³-hybridized carbons (Fsp3) is 0.400. The maximum absolute atomic E-state index is 11.8. The largest absolute Gasteiger partial charge is 0.492 e. The summed E-state index contributed by atoms with van der Waals surface area (Å²) in [5, 5.41) is 0. The average molecular weight is 422 g/mol. The van der Waals surface area contributed by atoms with Crippen LogP contribution in [0.1, 0.15) is 26.3 Å². The first kappa shape index (κ1) is 18.0. The Morgan fingerprint density at radius 2 is 1.52 bits per heavy atom. The zero-order chi connectivity index (χ0) is 16.2. The van der Waals surface area contributed by atoms with Gasteiger partial charge in [-0.05, 0) is 59.6 Å². The lowest BCUT2D eigenvalue weighted by molar-refractivity contribution is -0.130. The van der Waals surface area contributed by atoms with Gasteiger partial charge in [-0.25, -0.2) is 4.79 Å². The number of halogens is 2. The lowest BCUT2D eigenvalue weighted by atomic mass is 10.2. The van der Waals surface area contributed by atoms with Gasteiger partial charge < -0.3 is 14.2 Å². The Morgan fingerprint density at radius 1 is 1.05 bits per heavy atom. The monoisotopic (exact) mass is 420 g/mol. The number of hydrogen-bond acceptors (Lipinski definition) is 4. The minimum Gasteiger partial charge on any atom is -0.492 e. The van der Waals surface area contributed by atoms with Gasteiger partial charge in [-0.1, -0.05) is 6.58 Å². The van der Waals surface area contributed by atoms with E-state index in [4.69, 9.17) is 14.2 Å². The zero-order valence-electron chi connectivity index (χ0n) is 12.5. The highest BCUT2D eigenvalue weighted by Gasteiger charge is 2.24. The molecule has 0 fully saturated rings. The van der Waals surface area contributed by atoms with Gasteiger partial charge in [0, 0.05) is 11.1 Å². The van der Waals surface area contributed by atoms with Crippen LogP contribution < -0.4 is 14.2 Å². The second-order valence-electron chi connectivity index (χ2n) is 4.28. The second kappa shape index (κ2) is 7.84. The van der Waals surface area contributed by atoms with Crippen molar-refractivity contribution < 1.29 is 19.0 Å². The van der Waals surface area contributed by atoms with Crippen LogP contribution in [0.25, 0.3) is 0 Å². The van der Waals surface area contributed by atoms with Crippen molar-refractivity contribution in [2.45, 2.75) is 27.7 Å². The Morgan fingerprint density at radius 3 is 2.00 bits per heavy atom. The van der Waals surface area contributed by atoms with E-state index in [0.717, 1.165) is 0 Å². The number of carbonyl (C=O) groups excluding carboxylic acids is 1. The van der Waals surface area contributed by atoms with Crippen molar-refractivity contribution >= 4 is 37.8 Å². The Hall–Kier alpha value is -1.01. The molecule has 0 N–H and O–H groups in total. The van der Waals surface area contributed by atoms with E-state index in [9.17, 15) is 4.79 Å². The van der Waals surface area contributed by atoms with Crippen molar-refractivity contribution in [2.75, 3.05) is 13.2 Å². The van der Waals surface area contributed by atoms with Gasteiger partial charge in [0.15, 0.2) is 11.5 Å². The molecule has 0 atom stereocenters. The first-order chi connectivity index (χ1) is 9.84. The molecule has 0 amide bonds. The Bertz CT molecular complexity index is 534. The first-order valence-electron chi connectivity index (χ1n) is 6.49. The lowest BCUT2D eigenvalue weighted by Gasteiger charge is -2.19. The number of benzene rings is 1. The van der Waals surface area contributed by atoms with Crippen molar-refractivity contribution in [3.05, 3.63) is 26.7 Å². The Balaban J connectivity index is 3.46. The fourth-order valence-corrected chi connectivity index (χ4v) is 3.30.